The minimum atomic E-state index is -2.96. The number of nitrogens with one attached hydrogen (secondary N) is 1. The number of carbonyl (C=O) groups is 3. The van der Waals surface area contributed by atoms with Crippen LogP contribution in [0.1, 0.15) is 27.7 Å². The highest BCUT2D eigenvalue weighted by Crippen LogP contribution is 2.29. The van der Waals surface area contributed by atoms with Crippen molar-refractivity contribution < 1.29 is 37.4 Å². The van der Waals surface area contributed by atoms with Crippen molar-refractivity contribution in [1.82, 2.24) is 5.32 Å². The first kappa shape index (κ1) is 18.3. The van der Waals surface area contributed by atoms with Crippen LogP contribution in [0.4, 0.5) is 8.78 Å². The molecule has 0 aliphatic carbocycles. The zero-order valence-corrected chi connectivity index (χ0v) is 12.7. The Morgan fingerprint density at radius 1 is 1.05 bits per heavy atom. The molecule has 9 heteroatoms. The Labute approximate surface area is 126 Å². The largest absolute Gasteiger partial charge is 0.456 e. The van der Waals surface area contributed by atoms with E-state index in [-0.39, 0.29) is 0 Å². The predicted molar refractivity (Wildman–Crippen MR) is 69.1 cm³/mol. The van der Waals surface area contributed by atoms with Gasteiger partial charge in [0.15, 0.2) is 18.3 Å². The third kappa shape index (κ3) is 4.62. The molecule has 1 saturated heterocycles. The van der Waals surface area contributed by atoms with Gasteiger partial charge in [0.05, 0.1) is 12.1 Å². The molecule has 1 aliphatic heterocycles. The summed E-state index contributed by atoms with van der Waals surface area (Å²) < 4.78 is 41.3. The molecule has 5 atom stereocenters. The van der Waals surface area contributed by atoms with Gasteiger partial charge in [0.25, 0.3) is 6.43 Å². The van der Waals surface area contributed by atoms with Crippen LogP contribution in [0.2, 0.25) is 0 Å². The zero-order valence-electron chi connectivity index (χ0n) is 12.7. The average molecular weight is 323 g/mol. The molecule has 1 fully saturated rings. The Hall–Kier alpha value is -1.77. The van der Waals surface area contributed by atoms with E-state index < -0.39 is 54.7 Å². The van der Waals surface area contributed by atoms with Crippen LogP contribution < -0.4 is 5.32 Å². The summed E-state index contributed by atoms with van der Waals surface area (Å²) in [6, 6.07) is -0.916. The summed E-state index contributed by atoms with van der Waals surface area (Å²) in [5, 5.41) is 2.47. The number of halogens is 2. The molecule has 1 amide bonds. The van der Waals surface area contributed by atoms with Gasteiger partial charge in [-0.1, -0.05) is 0 Å². The molecule has 1 heterocycles. The molecule has 7 nitrogen and oxygen atoms in total. The van der Waals surface area contributed by atoms with Gasteiger partial charge in [-0.25, -0.2) is 8.78 Å². The van der Waals surface area contributed by atoms with Crippen molar-refractivity contribution in [3.8, 4) is 0 Å². The number of carbonyl (C=O) groups excluding carboxylic acids is 3. The van der Waals surface area contributed by atoms with Crippen molar-refractivity contribution in [2.75, 3.05) is 0 Å². The second-order valence-corrected chi connectivity index (χ2v) is 5.01. The number of esters is 2. The monoisotopic (exact) mass is 323 g/mol. The third-order valence-corrected chi connectivity index (χ3v) is 3.10. The van der Waals surface area contributed by atoms with E-state index in [9.17, 15) is 23.2 Å². The Morgan fingerprint density at radius 3 is 1.95 bits per heavy atom. The van der Waals surface area contributed by atoms with Crippen molar-refractivity contribution in [1.29, 1.82) is 0 Å². The maximum atomic E-state index is 13.2. The van der Waals surface area contributed by atoms with Crippen molar-refractivity contribution in [2.24, 2.45) is 0 Å². The Balaban J connectivity index is 3.15. The molecule has 0 bridgehead atoms. The fraction of sp³-hybridized carbons (Fsp3) is 0.769. The highest BCUT2D eigenvalue weighted by molar-refractivity contribution is 5.73. The fourth-order valence-corrected chi connectivity index (χ4v) is 2.36. The minimum absolute atomic E-state index is 0.463. The molecule has 0 radical (unpaired) electrons. The molecule has 5 unspecified atom stereocenters. The van der Waals surface area contributed by atoms with Gasteiger partial charge in [0, 0.05) is 20.8 Å². The van der Waals surface area contributed by atoms with E-state index in [0.29, 0.717) is 0 Å². The van der Waals surface area contributed by atoms with Crippen LogP contribution in [0.15, 0.2) is 0 Å². The van der Waals surface area contributed by atoms with Gasteiger partial charge in [0.2, 0.25) is 5.91 Å². The molecule has 0 aromatic heterocycles. The lowest BCUT2D eigenvalue weighted by Gasteiger charge is -2.44. The molecular formula is C13H19F2NO6. The molecule has 0 aromatic rings. The summed E-state index contributed by atoms with van der Waals surface area (Å²) in [5.41, 5.74) is 0. The summed E-state index contributed by atoms with van der Waals surface area (Å²) in [6.45, 7) is 4.81. The first-order chi connectivity index (χ1) is 10.1. The van der Waals surface area contributed by atoms with Crippen molar-refractivity contribution in [2.45, 2.75) is 64.6 Å². The van der Waals surface area contributed by atoms with Crippen molar-refractivity contribution in [3.63, 3.8) is 0 Å². The van der Waals surface area contributed by atoms with E-state index >= 15 is 0 Å². The molecule has 0 spiro atoms. The second-order valence-electron chi connectivity index (χ2n) is 5.01. The summed E-state index contributed by atoms with van der Waals surface area (Å²) in [4.78, 5) is 33.7. The highest BCUT2D eigenvalue weighted by Gasteiger charge is 2.51. The minimum Gasteiger partial charge on any atom is -0.456 e. The van der Waals surface area contributed by atoms with E-state index in [1.165, 1.54) is 13.8 Å². The smallest absolute Gasteiger partial charge is 0.303 e. The zero-order chi connectivity index (χ0) is 17.0. The molecular weight excluding hydrogens is 304 g/mol. The molecule has 22 heavy (non-hydrogen) atoms. The Kier molecular flexibility index (Phi) is 6.21. The number of hydrogen-bond donors (Lipinski definition) is 1. The summed E-state index contributed by atoms with van der Waals surface area (Å²) in [7, 11) is 0. The van der Waals surface area contributed by atoms with E-state index in [0.717, 1.165) is 13.8 Å². The molecule has 126 valence electrons. The van der Waals surface area contributed by atoms with Gasteiger partial charge in [-0.2, -0.15) is 0 Å². The lowest BCUT2D eigenvalue weighted by atomic mass is 9.92. The SMILES string of the molecule is CC(=O)NC1C(C)OC(C(F)F)C(OC(C)=O)C1OC(C)=O. The van der Waals surface area contributed by atoms with E-state index in [4.69, 9.17) is 14.2 Å². The second kappa shape index (κ2) is 7.48. The average Bonchev–Trinajstić information content (AvgIpc) is 2.34. The molecule has 1 aliphatic rings. The molecule has 0 aromatic carbocycles. The van der Waals surface area contributed by atoms with Crippen LogP contribution in [0.5, 0.6) is 0 Å². The lowest BCUT2D eigenvalue weighted by Crippen LogP contribution is -2.65. The normalized spacial score (nSPS) is 31.5. The first-order valence-electron chi connectivity index (χ1n) is 6.68. The number of ether oxygens (including phenoxy) is 3. The topological polar surface area (TPSA) is 90.9 Å². The third-order valence-electron chi connectivity index (χ3n) is 3.10. The van der Waals surface area contributed by atoms with Crippen molar-refractivity contribution in [3.05, 3.63) is 0 Å². The van der Waals surface area contributed by atoms with Crippen LogP contribution in [0, 0.1) is 0 Å². The maximum Gasteiger partial charge on any atom is 0.303 e. The summed E-state index contributed by atoms with van der Waals surface area (Å²) in [6.07, 6.45) is -8.36. The van der Waals surface area contributed by atoms with Gasteiger partial charge >= 0.3 is 11.9 Å². The number of rotatable bonds is 4. The lowest BCUT2D eigenvalue weighted by molar-refractivity contribution is -0.234. The van der Waals surface area contributed by atoms with Crippen LogP contribution >= 0.6 is 0 Å². The summed E-state index contributed by atoms with van der Waals surface area (Å²) in [5.74, 6) is -2.04. The van der Waals surface area contributed by atoms with Gasteiger partial charge in [-0.3, -0.25) is 14.4 Å². The standard InChI is InChI=1S/C13H19F2NO6/c1-5-9(16-6(2)17)10(21-7(3)18)11(22-8(4)19)12(20-5)13(14)15/h5,9-13H,1-4H3,(H,16,17). The quantitative estimate of drug-likeness (QED) is 0.754. The van der Waals surface area contributed by atoms with Crippen LogP contribution in [-0.2, 0) is 28.6 Å². The van der Waals surface area contributed by atoms with Crippen LogP contribution in [0.3, 0.4) is 0 Å². The van der Waals surface area contributed by atoms with Gasteiger partial charge in [-0.05, 0) is 6.92 Å². The Bertz CT molecular complexity index is 444. The predicted octanol–water partition coefficient (Wildman–Crippen LogP) is 0.407. The van der Waals surface area contributed by atoms with Crippen LogP contribution in [0.25, 0.3) is 0 Å². The molecule has 0 saturated carbocycles. The maximum absolute atomic E-state index is 13.2. The van der Waals surface area contributed by atoms with E-state index in [1.54, 1.807) is 0 Å². The molecule has 1 rings (SSSR count). The Morgan fingerprint density at radius 2 is 1.55 bits per heavy atom. The fourth-order valence-electron chi connectivity index (χ4n) is 2.36. The van der Waals surface area contributed by atoms with Crippen LogP contribution in [-0.4, -0.2) is 54.7 Å². The first-order valence-corrected chi connectivity index (χ1v) is 6.68. The number of alkyl halides is 2. The highest BCUT2D eigenvalue weighted by atomic mass is 19.3. The number of amides is 1. The van der Waals surface area contributed by atoms with Gasteiger partial charge in [0.1, 0.15) is 0 Å². The summed E-state index contributed by atoms with van der Waals surface area (Å²) >= 11 is 0. The number of hydrogen-bond acceptors (Lipinski definition) is 6. The van der Waals surface area contributed by atoms with Crippen molar-refractivity contribution >= 4 is 17.8 Å². The molecule has 1 N–H and O–H groups in total. The van der Waals surface area contributed by atoms with Gasteiger partial charge < -0.3 is 19.5 Å². The van der Waals surface area contributed by atoms with E-state index in [1.807, 2.05) is 0 Å². The van der Waals surface area contributed by atoms with Gasteiger partial charge in [-0.15, -0.1) is 0 Å². The van der Waals surface area contributed by atoms with E-state index in [2.05, 4.69) is 5.32 Å².